The molecule has 0 spiro atoms. The number of fused-ring (bicyclic) bond motifs is 3. The van der Waals surface area contributed by atoms with Crippen molar-refractivity contribution in [1.82, 2.24) is 4.90 Å². The van der Waals surface area contributed by atoms with Gasteiger partial charge in [-0.1, -0.05) is 45.4 Å². The van der Waals surface area contributed by atoms with E-state index in [9.17, 15) is 0 Å². The summed E-state index contributed by atoms with van der Waals surface area (Å²) in [4.78, 5) is 2.59. The lowest BCUT2D eigenvalue weighted by atomic mass is 9.81. The van der Waals surface area contributed by atoms with E-state index in [1.807, 2.05) is 0 Å². The quantitative estimate of drug-likeness (QED) is 0.314. The first-order chi connectivity index (χ1) is 11.8. The highest BCUT2D eigenvalue weighted by Crippen LogP contribution is 2.43. The Bertz CT molecular complexity index is 517. The maximum absolute atomic E-state index is 2.59. The molecule has 2 nitrogen and oxygen atoms in total. The van der Waals surface area contributed by atoms with Gasteiger partial charge in [0.2, 0.25) is 0 Å². The molecule has 1 aliphatic heterocycles. The van der Waals surface area contributed by atoms with Crippen LogP contribution in [0.25, 0.3) is 0 Å². The van der Waals surface area contributed by atoms with Crippen LogP contribution in [0, 0.1) is 5.92 Å². The van der Waals surface area contributed by atoms with Crippen molar-refractivity contribution in [2.75, 3.05) is 13.6 Å². The smallest absolute Gasteiger partial charge is 0.173 e. The molecule has 1 aromatic rings. The van der Waals surface area contributed by atoms with Gasteiger partial charge in [0.1, 0.15) is 6.54 Å². The highest BCUT2D eigenvalue weighted by atomic mass is 127. The van der Waals surface area contributed by atoms with Crippen molar-refractivity contribution in [2.45, 2.75) is 90.1 Å². The van der Waals surface area contributed by atoms with E-state index in [-0.39, 0.29) is 24.0 Å². The molecular weight excluding hydrogens is 419 g/mol. The van der Waals surface area contributed by atoms with E-state index in [2.05, 4.69) is 41.9 Å². The summed E-state index contributed by atoms with van der Waals surface area (Å²) in [6.07, 6.45) is 20.1. The number of halogens is 1. The van der Waals surface area contributed by atoms with Crippen LogP contribution in [0.1, 0.15) is 88.3 Å². The molecule has 1 fully saturated rings. The van der Waals surface area contributed by atoms with Crippen molar-refractivity contribution < 1.29 is 28.5 Å². The monoisotopic (exact) mass is 456 g/mol. The Kier molecular flexibility index (Phi) is 9.18. The molecule has 25 heavy (non-hydrogen) atoms. The molecule has 2 heterocycles. The van der Waals surface area contributed by atoms with E-state index in [4.69, 9.17) is 0 Å². The van der Waals surface area contributed by atoms with Crippen molar-refractivity contribution in [3.63, 3.8) is 0 Å². The van der Waals surface area contributed by atoms with Crippen LogP contribution in [0.3, 0.4) is 0 Å². The molecule has 1 saturated heterocycles. The predicted octanol–water partition coefficient (Wildman–Crippen LogP) is 2.06. The second kappa shape index (κ2) is 10.9. The zero-order valence-electron chi connectivity index (χ0n) is 16.4. The second-order valence-corrected chi connectivity index (χ2v) is 8.15. The van der Waals surface area contributed by atoms with E-state index >= 15 is 0 Å². The number of hydrogen-bond donors (Lipinski definition) is 0. The zero-order valence-corrected chi connectivity index (χ0v) is 18.5. The SMILES string of the molecule is CCCCCCCCCC[n+]1ccc2c(c1)[C@H]1[C@@H](CC2)CCN1C.[I-]. The third-order valence-corrected chi connectivity index (χ3v) is 6.29. The Morgan fingerprint density at radius 3 is 2.52 bits per heavy atom. The van der Waals surface area contributed by atoms with Crippen LogP contribution in [0.4, 0.5) is 0 Å². The van der Waals surface area contributed by atoms with E-state index < -0.39 is 0 Å². The summed E-state index contributed by atoms with van der Waals surface area (Å²) in [5, 5.41) is 0. The molecule has 3 rings (SSSR count). The topological polar surface area (TPSA) is 7.12 Å². The number of pyridine rings is 1. The van der Waals surface area contributed by atoms with Crippen molar-refractivity contribution in [3.8, 4) is 0 Å². The number of hydrogen-bond acceptors (Lipinski definition) is 1. The molecule has 1 aromatic heterocycles. The normalized spacial score (nSPS) is 22.3. The standard InChI is InChI=1S/C22H37N2.HI/c1-3-4-5-6-7-8-9-10-15-24-17-14-19-11-12-20-13-16-23(2)22(20)21(19)18-24;/h14,17-18,20,22H,3-13,15-16H2,1-2H3;1H/q+1;/p-1/t20-,22+;/m0./s1. The highest BCUT2D eigenvalue weighted by molar-refractivity contribution is 5.29. The molecule has 0 N–H and O–H groups in total. The van der Waals surface area contributed by atoms with Gasteiger partial charge in [-0.2, -0.15) is 0 Å². The molecule has 2 atom stereocenters. The first-order valence-corrected chi connectivity index (χ1v) is 10.5. The highest BCUT2D eigenvalue weighted by Gasteiger charge is 2.38. The van der Waals surface area contributed by atoms with Gasteiger partial charge in [-0.3, -0.25) is 4.90 Å². The minimum Gasteiger partial charge on any atom is -1.00 e. The Hall–Kier alpha value is -0.160. The number of unbranched alkanes of at least 4 members (excludes halogenated alkanes) is 7. The van der Waals surface area contributed by atoms with Gasteiger partial charge in [0.05, 0.1) is 0 Å². The fourth-order valence-electron chi connectivity index (χ4n) is 4.81. The molecule has 0 amide bonds. The number of likely N-dealkylation sites (tertiary alicyclic amines) is 1. The lowest BCUT2D eigenvalue weighted by molar-refractivity contribution is -0.698. The molecule has 0 aromatic carbocycles. The Labute approximate surface area is 172 Å². The van der Waals surface area contributed by atoms with E-state index in [0.29, 0.717) is 6.04 Å². The van der Waals surface area contributed by atoms with Crippen LogP contribution in [-0.2, 0) is 13.0 Å². The van der Waals surface area contributed by atoms with Crippen LogP contribution >= 0.6 is 0 Å². The lowest BCUT2D eigenvalue weighted by Gasteiger charge is -2.30. The number of nitrogens with zero attached hydrogens (tertiary/aromatic N) is 2. The third-order valence-electron chi connectivity index (χ3n) is 6.29. The summed E-state index contributed by atoms with van der Waals surface area (Å²) in [6, 6.07) is 3.10. The van der Waals surface area contributed by atoms with Gasteiger partial charge in [0, 0.05) is 24.1 Å². The average molecular weight is 456 g/mol. The van der Waals surface area contributed by atoms with Gasteiger partial charge in [-0.25, -0.2) is 4.57 Å². The summed E-state index contributed by atoms with van der Waals surface area (Å²) in [7, 11) is 2.32. The maximum atomic E-state index is 2.59. The summed E-state index contributed by atoms with van der Waals surface area (Å²) < 4.78 is 2.46. The Morgan fingerprint density at radius 1 is 1.04 bits per heavy atom. The van der Waals surface area contributed by atoms with Gasteiger partial charge < -0.3 is 24.0 Å². The lowest BCUT2D eigenvalue weighted by Crippen LogP contribution is -3.00. The minimum atomic E-state index is 0. The van der Waals surface area contributed by atoms with E-state index in [1.54, 1.807) is 11.1 Å². The van der Waals surface area contributed by atoms with Crippen molar-refractivity contribution in [2.24, 2.45) is 5.92 Å². The summed E-state index contributed by atoms with van der Waals surface area (Å²) in [6.45, 7) is 4.77. The molecule has 3 heteroatoms. The molecular formula is C22H37IN2. The molecule has 0 bridgehead atoms. The van der Waals surface area contributed by atoms with E-state index in [0.717, 1.165) is 5.92 Å². The van der Waals surface area contributed by atoms with Crippen LogP contribution in [0.2, 0.25) is 0 Å². The number of aryl methyl sites for hydroxylation is 2. The molecule has 0 unspecified atom stereocenters. The number of rotatable bonds is 9. The first kappa shape index (κ1) is 21.1. The minimum absolute atomic E-state index is 0. The third kappa shape index (κ3) is 5.66. The molecule has 0 saturated carbocycles. The van der Waals surface area contributed by atoms with Crippen LogP contribution in [-0.4, -0.2) is 18.5 Å². The fraction of sp³-hybridized carbons (Fsp3) is 0.773. The first-order valence-electron chi connectivity index (χ1n) is 10.5. The van der Waals surface area contributed by atoms with Crippen LogP contribution in [0.15, 0.2) is 18.5 Å². The van der Waals surface area contributed by atoms with Gasteiger partial charge in [0.15, 0.2) is 12.4 Å². The summed E-state index contributed by atoms with van der Waals surface area (Å²) in [5.74, 6) is 0.904. The Balaban J connectivity index is 0.00000225. The predicted molar refractivity (Wildman–Crippen MR) is 101 cm³/mol. The van der Waals surface area contributed by atoms with Gasteiger partial charge >= 0.3 is 0 Å². The average Bonchev–Trinajstić information content (AvgIpc) is 2.99. The van der Waals surface area contributed by atoms with Gasteiger partial charge in [0.25, 0.3) is 0 Å². The van der Waals surface area contributed by atoms with Crippen LogP contribution in [0.5, 0.6) is 0 Å². The van der Waals surface area contributed by atoms with Gasteiger partial charge in [-0.15, -0.1) is 0 Å². The van der Waals surface area contributed by atoms with Crippen molar-refractivity contribution in [3.05, 3.63) is 29.6 Å². The molecule has 2 aliphatic rings. The van der Waals surface area contributed by atoms with Crippen molar-refractivity contribution in [1.29, 1.82) is 0 Å². The van der Waals surface area contributed by atoms with Crippen molar-refractivity contribution >= 4 is 0 Å². The molecule has 1 aliphatic carbocycles. The van der Waals surface area contributed by atoms with Crippen LogP contribution < -0.4 is 28.5 Å². The molecule has 0 radical (unpaired) electrons. The summed E-state index contributed by atoms with van der Waals surface area (Å²) >= 11 is 0. The number of aromatic nitrogens is 1. The molecule has 142 valence electrons. The second-order valence-electron chi connectivity index (χ2n) is 8.15. The van der Waals surface area contributed by atoms with Gasteiger partial charge in [-0.05, 0) is 50.8 Å². The Morgan fingerprint density at radius 2 is 1.76 bits per heavy atom. The largest absolute Gasteiger partial charge is 1.00 e. The zero-order chi connectivity index (χ0) is 16.8. The summed E-state index contributed by atoms with van der Waals surface area (Å²) in [5.41, 5.74) is 3.24. The maximum Gasteiger partial charge on any atom is 0.173 e. The fourth-order valence-corrected chi connectivity index (χ4v) is 4.81. The van der Waals surface area contributed by atoms with E-state index in [1.165, 1.54) is 83.7 Å².